The largest absolute Gasteiger partial charge is 0.459 e. The average molecular weight is 248 g/mol. The molecule has 0 spiro atoms. The summed E-state index contributed by atoms with van der Waals surface area (Å²) >= 11 is 0. The van der Waals surface area contributed by atoms with Gasteiger partial charge in [-0.05, 0) is 0 Å². The first-order valence-electron chi connectivity index (χ1n) is 4.58. The lowest BCUT2D eigenvalue weighted by Gasteiger charge is -2.15. The van der Waals surface area contributed by atoms with Crippen LogP contribution in [0.5, 0.6) is 0 Å². The SMILES string of the molecule is NC(=O)CCC(CCC(N)=O)([N+](=O)[O-])[N+](=O)[O-]. The Morgan fingerprint density at radius 3 is 1.41 bits per heavy atom. The molecule has 2 amide bonds. The Bertz CT molecular complexity index is 320. The van der Waals surface area contributed by atoms with Crippen LogP contribution in [-0.2, 0) is 9.59 Å². The monoisotopic (exact) mass is 248 g/mol. The van der Waals surface area contributed by atoms with Crippen molar-refractivity contribution < 1.29 is 19.4 Å². The molecule has 0 saturated heterocycles. The fraction of sp³-hybridized carbons (Fsp3) is 0.714. The Morgan fingerprint density at radius 1 is 0.941 bits per heavy atom. The van der Waals surface area contributed by atoms with Gasteiger partial charge in [0.1, 0.15) is 0 Å². The van der Waals surface area contributed by atoms with Gasteiger partial charge in [0.15, 0.2) is 0 Å². The molecular formula is C7H12N4O6. The van der Waals surface area contributed by atoms with Crippen molar-refractivity contribution in [2.24, 2.45) is 11.5 Å². The van der Waals surface area contributed by atoms with Crippen molar-refractivity contribution >= 4 is 11.8 Å². The van der Waals surface area contributed by atoms with Crippen molar-refractivity contribution in [3.63, 3.8) is 0 Å². The van der Waals surface area contributed by atoms with Gasteiger partial charge in [0.25, 0.3) is 0 Å². The smallest absolute Gasteiger partial charge is 0.370 e. The number of nitro groups is 2. The van der Waals surface area contributed by atoms with Gasteiger partial charge >= 0.3 is 5.66 Å². The molecule has 0 rings (SSSR count). The molecule has 0 radical (unpaired) electrons. The van der Waals surface area contributed by atoms with Crippen molar-refractivity contribution in [3.05, 3.63) is 20.2 Å². The number of rotatable bonds is 8. The molecule has 0 aliphatic heterocycles. The summed E-state index contributed by atoms with van der Waals surface area (Å²) in [6.45, 7) is 0. The van der Waals surface area contributed by atoms with Crippen LogP contribution in [0.2, 0.25) is 0 Å². The predicted molar refractivity (Wildman–Crippen MR) is 53.6 cm³/mol. The zero-order valence-corrected chi connectivity index (χ0v) is 8.83. The molecule has 0 fully saturated rings. The summed E-state index contributed by atoms with van der Waals surface area (Å²) in [4.78, 5) is 40.3. The van der Waals surface area contributed by atoms with Gasteiger partial charge in [-0.3, -0.25) is 29.8 Å². The zero-order chi connectivity index (χ0) is 13.6. The van der Waals surface area contributed by atoms with Crippen LogP contribution in [0.15, 0.2) is 0 Å². The van der Waals surface area contributed by atoms with Crippen LogP contribution < -0.4 is 11.5 Å². The molecule has 0 aromatic heterocycles. The summed E-state index contributed by atoms with van der Waals surface area (Å²) in [6.07, 6.45) is -2.37. The highest BCUT2D eigenvalue weighted by atomic mass is 16.7. The van der Waals surface area contributed by atoms with E-state index in [2.05, 4.69) is 0 Å². The molecular weight excluding hydrogens is 236 g/mol. The molecule has 0 aromatic carbocycles. The average Bonchev–Trinajstić information content (AvgIpc) is 2.16. The van der Waals surface area contributed by atoms with Gasteiger partial charge in [0, 0.05) is 12.8 Å². The van der Waals surface area contributed by atoms with E-state index in [4.69, 9.17) is 11.5 Å². The highest BCUT2D eigenvalue weighted by molar-refractivity contribution is 5.74. The highest BCUT2D eigenvalue weighted by Gasteiger charge is 2.55. The Morgan fingerprint density at radius 2 is 1.24 bits per heavy atom. The maximum atomic E-state index is 10.7. The number of hydrogen-bond acceptors (Lipinski definition) is 6. The van der Waals surface area contributed by atoms with E-state index in [1.54, 1.807) is 0 Å². The Kier molecular flexibility index (Phi) is 4.96. The van der Waals surface area contributed by atoms with Crippen molar-refractivity contribution in [1.29, 1.82) is 0 Å². The van der Waals surface area contributed by atoms with Crippen LogP contribution in [0, 0.1) is 20.2 Å². The van der Waals surface area contributed by atoms with Gasteiger partial charge in [-0.1, -0.05) is 0 Å². The van der Waals surface area contributed by atoms with Crippen molar-refractivity contribution in [2.75, 3.05) is 0 Å². The number of nitrogens with zero attached hydrogens (tertiary/aromatic N) is 2. The van der Waals surface area contributed by atoms with Crippen LogP contribution in [0.4, 0.5) is 0 Å². The molecule has 0 heterocycles. The Balaban J connectivity index is 4.99. The lowest BCUT2D eigenvalue weighted by Crippen LogP contribution is -2.47. The van der Waals surface area contributed by atoms with Crippen LogP contribution in [-0.4, -0.2) is 27.3 Å². The second-order valence-electron chi connectivity index (χ2n) is 3.43. The lowest BCUT2D eigenvalue weighted by atomic mass is 9.98. The van der Waals surface area contributed by atoms with E-state index in [-0.39, 0.29) is 0 Å². The first kappa shape index (κ1) is 14.7. The topological polar surface area (TPSA) is 172 Å². The minimum absolute atomic E-state index is 0.513. The van der Waals surface area contributed by atoms with Gasteiger partial charge in [-0.25, -0.2) is 0 Å². The third-order valence-corrected chi connectivity index (χ3v) is 2.22. The molecule has 0 bridgehead atoms. The molecule has 4 N–H and O–H groups in total. The number of primary amides is 2. The molecule has 0 aliphatic rings. The quantitative estimate of drug-likeness (QED) is 0.309. The van der Waals surface area contributed by atoms with Gasteiger partial charge in [-0.2, -0.15) is 0 Å². The second kappa shape index (κ2) is 5.72. The third-order valence-electron chi connectivity index (χ3n) is 2.22. The van der Waals surface area contributed by atoms with E-state index >= 15 is 0 Å². The number of nitrogens with two attached hydrogens (primary N) is 2. The predicted octanol–water partition coefficient (Wildman–Crippen LogP) is -1.23. The van der Waals surface area contributed by atoms with Crippen molar-refractivity contribution in [1.82, 2.24) is 0 Å². The maximum absolute atomic E-state index is 10.7. The Hall–Kier alpha value is -2.26. The molecule has 0 aromatic rings. The molecule has 0 unspecified atom stereocenters. The summed E-state index contributed by atoms with van der Waals surface area (Å²) < 4.78 is 0. The first-order chi connectivity index (χ1) is 7.72. The highest BCUT2D eigenvalue weighted by Crippen LogP contribution is 2.24. The van der Waals surface area contributed by atoms with Crippen LogP contribution >= 0.6 is 0 Å². The fourth-order valence-corrected chi connectivity index (χ4v) is 1.20. The summed E-state index contributed by atoms with van der Waals surface area (Å²) in [7, 11) is 0. The summed E-state index contributed by atoms with van der Waals surface area (Å²) in [5.41, 5.74) is 6.97. The molecule has 0 aliphatic carbocycles. The lowest BCUT2D eigenvalue weighted by molar-refractivity contribution is -0.798. The zero-order valence-electron chi connectivity index (χ0n) is 8.83. The van der Waals surface area contributed by atoms with Crippen LogP contribution in [0.3, 0.4) is 0 Å². The molecule has 10 heteroatoms. The fourth-order valence-electron chi connectivity index (χ4n) is 1.20. The number of amides is 2. The summed E-state index contributed by atoms with van der Waals surface area (Å²) in [5, 5.41) is 21.5. The van der Waals surface area contributed by atoms with Gasteiger partial charge in [0.2, 0.25) is 11.8 Å². The summed E-state index contributed by atoms with van der Waals surface area (Å²) in [6, 6.07) is 0. The minimum atomic E-state index is -2.59. The third kappa shape index (κ3) is 4.01. The maximum Gasteiger partial charge on any atom is 0.459 e. The molecule has 0 saturated carbocycles. The van der Waals surface area contributed by atoms with Crippen molar-refractivity contribution in [2.45, 2.75) is 31.3 Å². The molecule has 10 nitrogen and oxygen atoms in total. The first-order valence-corrected chi connectivity index (χ1v) is 4.58. The van der Waals surface area contributed by atoms with E-state index in [9.17, 15) is 29.8 Å². The molecule has 96 valence electrons. The normalized spacial score (nSPS) is 10.8. The van der Waals surface area contributed by atoms with Crippen LogP contribution in [0.1, 0.15) is 25.7 Å². The van der Waals surface area contributed by atoms with E-state index in [1.165, 1.54) is 0 Å². The van der Waals surface area contributed by atoms with Gasteiger partial charge < -0.3 is 11.5 Å². The standard InChI is InChI=1S/C7H12N4O6/c8-5(12)1-3-7(10(14)15,11(16)17)4-2-6(9)13/h1-4H2,(H2,8,12)(H2,9,13). The minimum Gasteiger partial charge on any atom is -0.370 e. The number of carbonyl (C=O) groups excluding carboxylic acids is 2. The summed E-state index contributed by atoms with van der Waals surface area (Å²) in [5.74, 6) is -1.78. The van der Waals surface area contributed by atoms with E-state index < -0.39 is 53.0 Å². The second-order valence-corrected chi connectivity index (χ2v) is 3.43. The Labute approximate surface area is 95.2 Å². The van der Waals surface area contributed by atoms with Crippen LogP contribution in [0.25, 0.3) is 0 Å². The van der Waals surface area contributed by atoms with E-state index in [0.29, 0.717) is 0 Å². The molecule has 0 atom stereocenters. The number of hydrogen-bond donors (Lipinski definition) is 2. The van der Waals surface area contributed by atoms with Gasteiger partial charge in [0.05, 0.1) is 22.7 Å². The van der Waals surface area contributed by atoms with Crippen molar-refractivity contribution in [3.8, 4) is 0 Å². The molecule has 17 heavy (non-hydrogen) atoms. The van der Waals surface area contributed by atoms with Gasteiger partial charge in [-0.15, -0.1) is 0 Å². The van der Waals surface area contributed by atoms with E-state index in [1.807, 2.05) is 0 Å². The van der Waals surface area contributed by atoms with E-state index in [0.717, 1.165) is 0 Å². The number of carbonyl (C=O) groups is 2.